The van der Waals surface area contributed by atoms with Gasteiger partial charge in [0.15, 0.2) is 0 Å². The number of ether oxygens (including phenoxy) is 3. The van der Waals surface area contributed by atoms with Crippen LogP contribution >= 0.6 is 68.0 Å². The number of carbonyl (C=O) groups excluding carboxylic acids is 4. The highest BCUT2D eigenvalue weighted by Crippen LogP contribution is 2.33. The van der Waals surface area contributed by atoms with E-state index in [1.165, 1.54) is 22.6 Å². The van der Waals surface area contributed by atoms with Crippen LogP contribution in [0.4, 0.5) is 4.39 Å². The average Bonchev–Trinajstić information content (AvgIpc) is 1.74. The maximum Gasteiger partial charge on any atom is 0.220 e. The average molecular weight is 1490 g/mol. The molecule has 4 amide bonds. The molecule has 8 aliphatic heterocycles. The molecule has 15 rings (SSSR count). The summed E-state index contributed by atoms with van der Waals surface area (Å²) in [6.45, 7) is 24.8. The standard InChI is InChI=1S/C23H25FN4O2S.C15H21N3O2.C14H19N3O2.C9H9BrN2O.C7H7BrN2.2ClH/c1-13-4-19(30-18-5-17-10-28(15(3)29)12-22(17)25-8-18)11-27(13)9-16-6-21-23(7-20(16)24)31-14(2)26-21;1-10-4-14(8-17(10)3)20-13-5-12-7-18(11(2)19)9-15(12)16-6-13;1-9-3-12(5-15-9)19-13-4-11-7-17(10(2)18)8-14(11)16-6-13;1-6(13)12-4-7-2-8(10)3-11-9(7)5-12;8-6-1-5-2-9-4-7(5)10-3-6;;/h5-8,13,19H,4,9-12H2,1-3H3;5-6,10,14H,4,7-9H2,1-3H3;4,6,9,12,15H,3,5,7-8H2,1-2H3;2-3H,4-5H2,1H3;1,3,9H,2,4H2;2*1H/t13-,19+;10-,14+;9-,12+;;;;/m000..../s1. The van der Waals surface area contributed by atoms with Crippen LogP contribution in [0, 0.1) is 12.7 Å². The van der Waals surface area contributed by atoms with Crippen molar-refractivity contribution >= 4 is 102 Å². The minimum absolute atomic E-state index is 0. The van der Waals surface area contributed by atoms with Gasteiger partial charge >= 0.3 is 0 Å². The van der Waals surface area contributed by atoms with E-state index >= 15 is 0 Å². The van der Waals surface area contributed by atoms with Crippen molar-refractivity contribution in [1.82, 2.24) is 69.9 Å². The summed E-state index contributed by atoms with van der Waals surface area (Å²) in [6.07, 6.45) is 12.3. The van der Waals surface area contributed by atoms with Gasteiger partial charge in [0.05, 0.1) is 88.5 Å². The Kier molecular flexibility index (Phi) is 24.7. The van der Waals surface area contributed by atoms with Crippen LogP contribution in [0.15, 0.2) is 82.4 Å². The van der Waals surface area contributed by atoms with Gasteiger partial charge in [-0.1, -0.05) is 0 Å². The van der Waals surface area contributed by atoms with Crippen LogP contribution in [0.3, 0.4) is 0 Å². The molecule has 8 aliphatic rings. The molecule has 0 saturated carbocycles. The van der Waals surface area contributed by atoms with Gasteiger partial charge in [0.1, 0.15) is 41.4 Å². The van der Waals surface area contributed by atoms with Crippen molar-refractivity contribution in [2.24, 2.45) is 0 Å². The maximum absolute atomic E-state index is 14.7. The minimum atomic E-state index is -0.175. The molecule has 3 fully saturated rings. The number of carbonyl (C=O) groups is 4. The molecule has 27 heteroatoms. The number of benzene rings is 1. The molecule has 14 heterocycles. The molecule has 95 heavy (non-hydrogen) atoms. The third kappa shape index (κ3) is 18.6. The highest BCUT2D eigenvalue weighted by atomic mass is 79.9. The second-order valence-corrected chi connectivity index (χ2v) is 28.5. The van der Waals surface area contributed by atoms with Gasteiger partial charge in [0.25, 0.3) is 0 Å². The number of halogens is 5. The SMILES string of the molecule is Brc1cnc2c(c1)CNC2.CC(=O)N1Cc2cc(Br)cnc2C1.CC(=O)N1Cc2cc(O[C@@H]3C[C@H](C)N(C)C3)cnc2C1.CC(=O)N1Cc2cc(O[C@@H]3C[C@H](C)N(Cc4cc5nc(C)sc5cc4F)C3)cnc2C1.CC(=O)N1Cc2cc(O[C@H]3CN[C@@H](C)C3)cnc2C1.Cl.Cl. The lowest BCUT2D eigenvalue weighted by molar-refractivity contribution is -0.130. The zero-order valence-corrected chi connectivity index (χ0v) is 60.6. The Morgan fingerprint density at radius 1 is 0.558 bits per heavy atom. The van der Waals surface area contributed by atoms with Crippen LogP contribution in [0.2, 0.25) is 0 Å². The number of fused-ring (bicyclic) bond motifs is 6. The van der Waals surface area contributed by atoms with Gasteiger partial charge in [-0.15, -0.1) is 36.2 Å². The van der Waals surface area contributed by atoms with Crippen LogP contribution in [-0.2, 0) is 91.2 Å². The Morgan fingerprint density at radius 3 is 1.46 bits per heavy atom. The number of nitrogens with one attached hydrogen (secondary N) is 2. The summed E-state index contributed by atoms with van der Waals surface area (Å²) < 4.78 is 35.8. The predicted molar refractivity (Wildman–Crippen MR) is 372 cm³/mol. The number of hydrogen-bond donors (Lipinski definition) is 2. The number of aryl methyl sites for hydroxylation is 1. The summed E-state index contributed by atoms with van der Waals surface area (Å²) in [5.74, 6) is 2.53. The Morgan fingerprint density at radius 2 is 1.00 bits per heavy atom. The van der Waals surface area contributed by atoms with Gasteiger partial charge in [-0.2, -0.15) is 0 Å². The molecule has 0 radical (unpaired) electrons. The summed E-state index contributed by atoms with van der Waals surface area (Å²) in [4.78, 5) is 83.6. The fourth-order valence-corrected chi connectivity index (χ4v) is 14.3. The van der Waals surface area contributed by atoms with E-state index in [4.69, 9.17) is 14.2 Å². The molecular weight excluding hydrogens is 1410 g/mol. The normalized spacial score (nSPS) is 21.0. The first-order valence-electron chi connectivity index (χ1n) is 31.7. The third-order valence-electron chi connectivity index (χ3n) is 18.1. The number of likely N-dealkylation sites (tertiary alicyclic amines) is 2. The smallest absolute Gasteiger partial charge is 0.220 e. The molecule has 0 unspecified atom stereocenters. The summed E-state index contributed by atoms with van der Waals surface area (Å²) >= 11 is 8.25. The summed E-state index contributed by atoms with van der Waals surface area (Å²) in [5.41, 5.74) is 12.4. The Bertz CT molecular complexity index is 3920. The summed E-state index contributed by atoms with van der Waals surface area (Å²) in [5, 5.41) is 7.55. The Balaban J connectivity index is 0.000000146. The van der Waals surface area contributed by atoms with Gasteiger partial charge in [-0.3, -0.25) is 53.9 Å². The fraction of sp³-hybridized carbons (Fsp3) is 0.471. The second kappa shape index (κ2) is 32.2. The van der Waals surface area contributed by atoms with Crippen molar-refractivity contribution in [3.8, 4) is 17.2 Å². The van der Waals surface area contributed by atoms with Crippen LogP contribution in [0.1, 0.15) is 135 Å². The Labute approximate surface area is 587 Å². The van der Waals surface area contributed by atoms with E-state index < -0.39 is 0 Å². The maximum atomic E-state index is 14.7. The monoisotopic (exact) mass is 1490 g/mol. The molecule has 0 aliphatic carbocycles. The molecule has 3 saturated heterocycles. The highest BCUT2D eigenvalue weighted by molar-refractivity contribution is 9.10. The van der Waals surface area contributed by atoms with Crippen molar-refractivity contribution in [3.63, 3.8) is 0 Å². The molecule has 0 bridgehead atoms. The van der Waals surface area contributed by atoms with E-state index in [-0.39, 0.29) is 78.6 Å². The number of hydrogen-bond acceptors (Lipinski definition) is 18. The van der Waals surface area contributed by atoms with Gasteiger partial charge in [-0.05, 0) is 137 Å². The molecule has 0 spiro atoms. The minimum Gasteiger partial charge on any atom is -0.487 e. The van der Waals surface area contributed by atoms with Crippen molar-refractivity contribution in [2.75, 3.05) is 26.7 Å². The lowest BCUT2D eigenvalue weighted by atomic mass is 10.1. The first-order valence-corrected chi connectivity index (χ1v) is 34.1. The van der Waals surface area contributed by atoms with E-state index in [0.717, 1.165) is 138 Å². The molecule has 508 valence electrons. The number of pyridine rings is 5. The second-order valence-electron chi connectivity index (χ2n) is 25.4. The third-order valence-corrected chi connectivity index (χ3v) is 19.9. The molecule has 1 aromatic carbocycles. The van der Waals surface area contributed by atoms with Crippen LogP contribution in [0.25, 0.3) is 10.2 Å². The lowest BCUT2D eigenvalue weighted by Crippen LogP contribution is -2.28. The number of thiazole rings is 1. The van der Waals surface area contributed by atoms with E-state index in [2.05, 4.69) is 116 Å². The van der Waals surface area contributed by atoms with E-state index in [1.54, 1.807) is 78.1 Å². The van der Waals surface area contributed by atoms with Crippen molar-refractivity contribution in [2.45, 2.75) is 183 Å². The van der Waals surface area contributed by atoms with Crippen molar-refractivity contribution in [1.29, 1.82) is 0 Å². The molecule has 7 aromatic rings. The number of likely N-dealkylation sites (N-methyl/N-ethyl adjacent to an activating group) is 1. The number of aromatic nitrogens is 6. The van der Waals surface area contributed by atoms with E-state index in [1.807, 2.05) is 43.5 Å². The van der Waals surface area contributed by atoms with Crippen LogP contribution < -0.4 is 24.8 Å². The number of amides is 4. The van der Waals surface area contributed by atoms with Crippen LogP contribution in [0.5, 0.6) is 17.2 Å². The zero-order valence-electron chi connectivity index (χ0n) is 55.0. The largest absolute Gasteiger partial charge is 0.487 e. The summed E-state index contributed by atoms with van der Waals surface area (Å²) in [7, 11) is 2.12. The van der Waals surface area contributed by atoms with E-state index in [9.17, 15) is 23.6 Å². The quantitative estimate of drug-likeness (QED) is 0.145. The Hall–Kier alpha value is -6.55. The zero-order chi connectivity index (χ0) is 65.8. The molecule has 21 nitrogen and oxygen atoms in total. The van der Waals surface area contributed by atoms with Crippen molar-refractivity contribution in [3.05, 3.63) is 155 Å². The lowest BCUT2D eigenvalue weighted by Gasteiger charge is -2.21. The fourth-order valence-electron chi connectivity index (χ4n) is 12.7. The molecule has 6 atom stereocenters. The van der Waals surface area contributed by atoms with Gasteiger partial charge in [0.2, 0.25) is 23.6 Å². The molecule has 6 aromatic heterocycles. The van der Waals surface area contributed by atoms with Gasteiger partial charge < -0.3 is 44.4 Å². The molecular formula is C68H83Br2Cl2FN14O7S. The van der Waals surface area contributed by atoms with Crippen molar-refractivity contribution < 1.29 is 37.8 Å². The number of rotatable bonds is 8. The number of nitrogens with zero attached hydrogens (tertiary/aromatic N) is 12. The van der Waals surface area contributed by atoms with Gasteiger partial charge in [0, 0.05) is 157 Å². The van der Waals surface area contributed by atoms with Gasteiger partial charge in [-0.25, -0.2) is 9.37 Å². The first kappa shape index (κ1) is 72.7. The topological polar surface area (TPSA) is 217 Å². The van der Waals surface area contributed by atoms with Crippen LogP contribution in [-0.4, -0.2) is 146 Å². The molecule has 2 N–H and O–H groups in total. The highest BCUT2D eigenvalue weighted by Gasteiger charge is 2.34. The predicted octanol–water partition coefficient (Wildman–Crippen LogP) is 10.5. The van der Waals surface area contributed by atoms with E-state index in [0.29, 0.717) is 76.5 Å². The summed E-state index contributed by atoms with van der Waals surface area (Å²) in [6, 6.07) is 15.0. The first-order chi connectivity index (χ1) is 44.5.